The number of halogens is 1. The lowest BCUT2D eigenvalue weighted by Gasteiger charge is -2.24. The molecule has 2 unspecified atom stereocenters. The van der Waals surface area contributed by atoms with E-state index in [4.69, 9.17) is 11.0 Å². The van der Waals surface area contributed by atoms with E-state index in [2.05, 4.69) is 11.1 Å². The van der Waals surface area contributed by atoms with Crippen LogP contribution in [0.5, 0.6) is 0 Å². The molecular formula is C19H22FN5O2. The molecule has 0 bridgehead atoms. The number of fused-ring (bicyclic) bond motifs is 1. The Bertz CT molecular complexity index is 1060. The summed E-state index contributed by atoms with van der Waals surface area (Å²) in [4.78, 5) is 28.9. The molecule has 2 aromatic rings. The highest BCUT2D eigenvalue weighted by Gasteiger charge is 2.32. The summed E-state index contributed by atoms with van der Waals surface area (Å²) in [7, 11) is 0. The van der Waals surface area contributed by atoms with E-state index in [0.717, 1.165) is 19.3 Å². The molecular weight excluding hydrogens is 349 g/mol. The van der Waals surface area contributed by atoms with Crippen LogP contribution < -0.4 is 21.9 Å². The summed E-state index contributed by atoms with van der Waals surface area (Å²) in [5, 5.41) is 9.06. The van der Waals surface area contributed by atoms with E-state index in [-0.39, 0.29) is 29.8 Å². The highest BCUT2D eigenvalue weighted by Crippen LogP contribution is 2.39. The minimum Gasteiger partial charge on any atom is -0.369 e. The molecule has 0 amide bonds. The zero-order valence-electron chi connectivity index (χ0n) is 15.2. The topological polar surface area (TPSA) is 108 Å². The summed E-state index contributed by atoms with van der Waals surface area (Å²) in [6.45, 7) is 2.95. The number of aromatic nitrogens is 2. The molecule has 2 fully saturated rings. The quantitative estimate of drug-likeness (QED) is 0.848. The van der Waals surface area contributed by atoms with E-state index in [9.17, 15) is 14.0 Å². The second-order valence-electron chi connectivity index (χ2n) is 7.61. The van der Waals surface area contributed by atoms with Crippen molar-refractivity contribution in [3.8, 4) is 6.07 Å². The van der Waals surface area contributed by atoms with Gasteiger partial charge in [0.25, 0.3) is 5.56 Å². The average Bonchev–Trinajstić information content (AvgIpc) is 3.33. The molecule has 27 heavy (non-hydrogen) atoms. The number of hydrogen-bond acceptors (Lipinski definition) is 5. The van der Waals surface area contributed by atoms with E-state index >= 15 is 0 Å². The van der Waals surface area contributed by atoms with Gasteiger partial charge < -0.3 is 10.6 Å². The van der Waals surface area contributed by atoms with Crippen molar-refractivity contribution in [2.75, 3.05) is 18.0 Å². The first-order chi connectivity index (χ1) is 12.9. The van der Waals surface area contributed by atoms with Crippen molar-refractivity contribution in [3.05, 3.63) is 38.3 Å². The fourth-order valence-electron chi connectivity index (χ4n) is 4.25. The van der Waals surface area contributed by atoms with Crippen molar-refractivity contribution in [2.45, 2.75) is 44.7 Å². The molecule has 2 heterocycles. The van der Waals surface area contributed by atoms with Crippen LogP contribution in [0.25, 0.3) is 10.9 Å². The first-order valence-corrected chi connectivity index (χ1v) is 9.27. The largest absolute Gasteiger partial charge is 0.369 e. The third kappa shape index (κ3) is 2.92. The lowest BCUT2D eigenvalue weighted by atomic mass is 9.97. The summed E-state index contributed by atoms with van der Waals surface area (Å²) in [6, 6.07) is 3.14. The number of nitrogens with one attached hydrogen (secondary N) is 1. The Morgan fingerprint density at radius 3 is 2.81 bits per heavy atom. The van der Waals surface area contributed by atoms with Crippen LogP contribution in [0.3, 0.4) is 0 Å². The molecule has 0 spiro atoms. The number of nitriles is 1. The van der Waals surface area contributed by atoms with Gasteiger partial charge in [-0.15, -0.1) is 0 Å². The maximum Gasteiger partial charge on any atom is 0.329 e. The number of benzene rings is 1. The molecule has 142 valence electrons. The Morgan fingerprint density at radius 1 is 1.41 bits per heavy atom. The first-order valence-electron chi connectivity index (χ1n) is 9.27. The monoisotopic (exact) mass is 371 g/mol. The lowest BCUT2D eigenvalue weighted by Crippen LogP contribution is -2.33. The predicted octanol–water partition coefficient (Wildman–Crippen LogP) is 1.54. The zero-order valence-corrected chi connectivity index (χ0v) is 15.2. The Labute approximate surface area is 155 Å². The molecule has 3 N–H and O–H groups in total. The van der Waals surface area contributed by atoms with Gasteiger partial charge in [0.15, 0.2) is 0 Å². The number of hydrogen-bond donors (Lipinski definition) is 2. The minimum absolute atomic E-state index is 0.0595. The number of aromatic amines is 1. The first kappa shape index (κ1) is 17.7. The van der Waals surface area contributed by atoms with Gasteiger partial charge >= 0.3 is 5.69 Å². The fourth-order valence-corrected chi connectivity index (χ4v) is 4.25. The van der Waals surface area contributed by atoms with Gasteiger partial charge in [0.2, 0.25) is 0 Å². The van der Waals surface area contributed by atoms with E-state index in [0.29, 0.717) is 29.9 Å². The van der Waals surface area contributed by atoms with E-state index in [1.807, 2.05) is 4.90 Å². The summed E-state index contributed by atoms with van der Waals surface area (Å²) < 4.78 is 16.6. The highest BCUT2D eigenvalue weighted by atomic mass is 19.1. The van der Waals surface area contributed by atoms with Crippen molar-refractivity contribution in [3.63, 3.8) is 0 Å². The van der Waals surface area contributed by atoms with Gasteiger partial charge in [-0.3, -0.25) is 14.3 Å². The average molecular weight is 371 g/mol. The Kier molecular flexibility index (Phi) is 4.27. The maximum atomic E-state index is 15.0. The summed E-state index contributed by atoms with van der Waals surface area (Å²) in [5.41, 5.74) is 6.63. The number of anilines is 1. The second kappa shape index (κ2) is 6.50. The van der Waals surface area contributed by atoms with Crippen molar-refractivity contribution >= 4 is 16.6 Å². The second-order valence-corrected chi connectivity index (χ2v) is 7.61. The number of nitrogens with two attached hydrogens (primary N) is 1. The Morgan fingerprint density at radius 2 is 2.15 bits per heavy atom. The third-order valence-corrected chi connectivity index (χ3v) is 5.77. The Balaban J connectivity index is 1.83. The number of H-pyrrole nitrogens is 1. The normalized spacial score (nSPS) is 20.8. The number of aryl methyl sites for hydroxylation is 1. The van der Waals surface area contributed by atoms with Crippen LogP contribution >= 0.6 is 0 Å². The lowest BCUT2D eigenvalue weighted by molar-refractivity contribution is 0.464. The van der Waals surface area contributed by atoms with Crippen LogP contribution in [0.1, 0.15) is 37.3 Å². The molecule has 1 aliphatic heterocycles. The molecule has 1 saturated heterocycles. The van der Waals surface area contributed by atoms with Crippen LogP contribution in [0, 0.1) is 30.0 Å². The van der Waals surface area contributed by atoms with E-state index in [1.165, 1.54) is 6.07 Å². The molecule has 4 rings (SSSR count). The molecule has 1 aromatic carbocycles. The number of rotatable bonds is 4. The molecule has 8 heteroatoms. The zero-order chi connectivity index (χ0) is 19.3. The standard InChI is InChI=1S/C19H22FN5O2/c1-10-16-13(18(26)23-19(27)25(16)12-2-3-12)8-14(20)17(10)24-7-5-11(9-24)15(22)4-6-21/h8,11-12,15H,2-5,7,9,22H2,1H3,(H,23,26,27). The molecule has 7 nitrogen and oxygen atoms in total. The number of nitrogens with zero attached hydrogens (tertiary/aromatic N) is 3. The molecule has 2 atom stereocenters. The van der Waals surface area contributed by atoms with Gasteiger partial charge in [0, 0.05) is 30.7 Å². The van der Waals surface area contributed by atoms with Gasteiger partial charge in [-0.1, -0.05) is 0 Å². The highest BCUT2D eigenvalue weighted by molar-refractivity contribution is 5.87. The van der Waals surface area contributed by atoms with Crippen molar-refractivity contribution in [1.82, 2.24) is 9.55 Å². The van der Waals surface area contributed by atoms with E-state index in [1.54, 1.807) is 11.5 Å². The summed E-state index contributed by atoms with van der Waals surface area (Å²) >= 11 is 0. The van der Waals surface area contributed by atoms with Gasteiger partial charge in [0.1, 0.15) is 5.82 Å². The molecule has 1 saturated carbocycles. The molecule has 1 aromatic heterocycles. The van der Waals surface area contributed by atoms with Gasteiger partial charge in [-0.25, -0.2) is 9.18 Å². The fraction of sp³-hybridized carbons (Fsp3) is 0.526. The van der Waals surface area contributed by atoms with Crippen LogP contribution in [0.4, 0.5) is 10.1 Å². The molecule has 1 aliphatic carbocycles. The van der Waals surface area contributed by atoms with Crippen LogP contribution in [0.15, 0.2) is 15.7 Å². The van der Waals surface area contributed by atoms with Gasteiger partial charge in [0.05, 0.1) is 29.1 Å². The molecule has 2 aliphatic rings. The summed E-state index contributed by atoms with van der Waals surface area (Å²) in [5.74, 6) is -0.357. The van der Waals surface area contributed by atoms with E-state index < -0.39 is 17.1 Å². The van der Waals surface area contributed by atoms with Crippen molar-refractivity contribution < 1.29 is 4.39 Å². The third-order valence-electron chi connectivity index (χ3n) is 5.77. The van der Waals surface area contributed by atoms with Gasteiger partial charge in [-0.2, -0.15) is 5.26 Å². The summed E-state index contributed by atoms with van der Waals surface area (Å²) in [6.07, 6.45) is 2.81. The van der Waals surface area contributed by atoms with Crippen molar-refractivity contribution in [1.29, 1.82) is 5.26 Å². The smallest absolute Gasteiger partial charge is 0.329 e. The van der Waals surface area contributed by atoms with Crippen molar-refractivity contribution in [2.24, 2.45) is 11.7 Å². The maximum absolute atomic E-state index is 15.0. The Hall–Kier alpha value is -2.66. The predicted molar refractivity (Wildman–Crippen MR) is 100 cm³/mol. The van der Waals surface area contributed by atoms with Crippen LogP contribution in [-0.2, 0) is 0 Å². The van der Waals surface area contributed by atoms with Crippen LogP contribution in [-0.4, -0.2) is 28.7 Å². The van der Waals surface area contributed by atoms with Crippen LogP contribution in [0.2, 0.25) is 0 Å². The minimum atomic E-state index is -0.559. The SMILES string of the molecule is Cc1c(N2CCC(C(N)CC#N)C2)c(F)cc2c(=O)[nH]c(=O)n(C3CC3)c12. The molecule has 0 radical (unpaired) electrons. The van der Waals surface area contributed by atoms with Gasteiger partial charge in [-0.05, 0) is 38.2 Å².